The van der Waals surface area contributed by atoms with E-state index < -0.39 is 0 Å². The maximum Gasteiger partial charge on any atom is 0.407 e. The minimum absolute atomic E-state index is 0.0526. The Kier molecular flexibility index (Phi) is 5.42. The van der Waals surface area contributed by atoms with Crippen LogP contribution >= 0.6 is 0 Å². The molecule has 1 aliphatic carbocycles. The molecule has 29 heavy (non-hydrogen) atoms. The van der Waals surface area contributed by atoms with Gasteiger partial charge in [0.1, 0.15) is 6.10 Å². The molecule has 1 aromatic heterocycles. The number of benzene rings is 1. The monoisotopic (exact) mass is 397 g/mol. The molecule has 1 aromatic carbocycles. The zero-order chi connectivity index (χ0) is 20.4. The van der Waals surface area contributed by atoms with Crippen molar-refractivity contribution in [2.45, 2.75) is 64.1 Å². The highest BCUT2D eigenvalue weighted by atomic mass is 16.6. The summed E-state index contributed by atoms with van der Waals surface area (Å²) < 4.78 is 5.51. The van der Waals surface area contributed by atoms with Crippen molar-refractivity contribution < 1.29 is 14.3 Å². The second-order valence-electron chi connectivity index (χ2n) is 8.11. The van der Waals surface area contributed by atoms with Crippen LogP contribution in [0, 0.1) is 0 Å². The van der Waals surface area contributed by atoms with Gasteiger partial charge in [-0.25, -0.2) is 4.79 Å². The first kappa shape index (κ1) is 19.3. The first-order valence-electron chi connectivity index (χ1n) is 10.1. The van der Waals surface area contributed by atoms with Crippen molar-refractivity contribution in [2.75, 3.05) is 5.32 Å². The standard InChI is InChI=1S/C21H27N5O3/c1-12(2)23-21(28)29-17-6-4-13(8-17)18-10-19(26-25-18)24-16-5-3-14-11-22-20(27)9-15(14)7-16/h3,5,7,10,12-13,17H,4,6,8-9,11H2,1-2H3,(H,22,27)(H,23,28)(H2,24,25,26)/t13-,17?/m0/s1. The van der Waals surface area contributed by atoms with E-state index in [0.717, 1.165) is 47.6 Å². The number of rotatable bonds is 5. The predicted molar refractivity (Wildman–Crippen MR) is 109 cm³/mol. The number of carbonyl (C=O) groups is 2. The van der Waals surface area contributed by atoms with E-state index in [1.807, 2.05) is 38.1 Å². The summed E-state index contributed by atoms with van der Waals surface area (Å²) in [6, 6.07) is 8.12. The maximum atomic E-state index is 11.8. The summed E-state index contributed by atoms with van der Waals surface area (Å²) in [6.07, 6.45) is 2.59. The third-order valence-corrected chi connectivity index (χ3v) is 5.41. The van der Waals surface area contributed by atoms with Gasteiger partial charge in [-0.3, -0.25) is 9.89 Å². The van der Waals surface area contributed by atoms with E-state index in [-0.39, 0.29) is 24.1 Å². The Hall–Kier alpha value is -3.03. The summed E-state index contributed by atoms with van der Waals surface area (Å²) in [5.41, 5.74) is 4.15. The normalized spacial score (nSPS) is 20.9. The van der Waals surface area contributed by atoms with Gasteiger partial charge in [0.15, 0.2) is 5.82 Å². The van der Waals surface area contributed by atoms with Crippen LogP contribution in [0.25, 0.3) is 0 Å². The maximum absolute atomic E-state index is 11.8. The quantitative estimate of drug-likeness (QED) is 0.620. The molecule has 2 heterocycles. The summed E-state index contributed by atoms with van der Waals surface area (Å²) >= 11 is 0. The molecule has 4 N–H and O–H groups in total. The molecule has 0 bridgehead atoms. The summed E-state index contributed by atoms with van der Waals surface area (Å²) in [4.78, 5) is 23.4. The summed E-state index contributed by atoms with van der Waals surface area (Å²) in [7, 11) is 0. The zero-order valence-corrected chi connectivity index (χ0v) is 16.7. The number of fused-ring (bicyclic) bond motifs is 1. The van der Waals surface area contributed by atoms with Crippen LogP contribution in [-0.2, 0) is 22.5 Å². The third-order valence-electron chi connectivity index (χ3n) is 5.41. The molecule has 1 fully saturated rings. The molecule has 2 aromatic rings. The second kappa shape index (κ2) is 8.14. The predicted octanol–water partition coefficient (Wildman–Crippen LogP) is 3.10. The first-order chi connectivity index (χ1) is 14.0. The van der Waals surface area contributed by atoms with E-state index >= 15 is 0 Å². The van der Waals surface area contributed by atoms with Gasteiger partial charge in [0.25, 0.3) is 0 Å². The van der Waals surface area contributed by atoms with Gasteiger partial charge in [0, 0.05) is 36.0 Å². The number of carbonyl (C=O) groups excluding carboxylic acids is 2. The van der Waals surface area contributed by atoms with Crippen molar-refractivity contribution >= 4 is 23.5 Å². The summed E-state index contributed by atoms with van der Waals surface area (Å²) in [6.45, 7) is 4.41. The highest BCUT2D eigenvalue weighted by molar-refractivity contribution is 5.81. The molecular formula is C21H27N5O3. The van der Waals surface area contributed by atoms with E-state index in [9.17, 15) is 9.59 Å². The van der Waals surface area contributed by atoms with Crippen LogP contribution in [0.4, 0.5) is 16.3 Å². The number of H-pyrrole nitrogens is 1. The Morgan fingerprint density at radius 1 is 1.24 bits per heavy atom. The van der Waals surface area contributed by atoms with Crippen molar-refractivity contribution in [2.24, 2.45) is 0 Å². The molecule has 0 radical (unpaired) electrons. The fourth-order valence-electron chi connectivity index (χ4n) is 3.98. The molecule has 154 valence electrons. The van der Waals surface area contributed by atoms with Crippen LogP contribution in [0.3, 0.4) is 0 Å². The zero-order valence-electron chi connectivity index (χ0n) is 16.7. The van der Waals surface area contributed by atoms with E-state index in [0.29, 0.717) is 18.9 Å². The Labute approximate surface area is 169 Å². The van der Waals surface area contributed by atoms with Crippen molar-refractivity contribution in [3.8, 4) is 0 Å². The molecule has 4 rings (SSSR count). The number of nitrogens with zero attached hydrogens (tertiary/aromatic N) is 1. The Morgan fingerprint density at radius 3 is 2.93 bits per heavy atom. The van der Waals surface area contributed by atoms with Crippen molar-refractivity contribution in [1.29, 1.82) is 0 Å². The molecule has 8 heteroatoms. The van der Waals surface area contributed by atoms with Gasteiger partial charge in [-0.2, -0.15) is 5.10 Å². The minimum Gasteiger partial charge on any atom is -0.446 e. The fourth-order valence-corrected chi connectivity index (χ4v) is 3.98. The Balaban J connectivity index is 1.35. The smallest absolute Gasteiger partial charge is 0.407 e. The Morgan fingerprint density at radius 2 is 2.10 bits per heavy atom. The molecular weight excluding hydrogens is 370 g/mol. The number of hydrogen-bond acceptors (Lipinski definition) is 5. The van der Waals surface area contributed by atoms with Gasteiger partial charge in [-0.15, -0.1) is 0 Å². The number of ether oxygens (including phenoxy) is 1. The van der Waals surface area contributed by atoms with Gasteiger partial charge >= 0.3 is 6.09 Å². The number of amides is 2. The largest absolute Gasteiger partial charge is 0.446 e. The lowest BCUT2D eigenvalue weighted by molar-refractivity contribution is -0.121. The molecule has 2 atom stereocenters. The minimum atomic E-state index is -0.348. The molecule has 2 amide bonds. The molecule has 8 nitrogen and oxygen atoms in total. The molecule has 0 spiro atoms. The van der Waals surface area contributed by atoms with Crippen LogP contribution in [0.15, 0.2) is 24.3 Å². The van der Waals surface area contributed by atoms with E-state index in [1.54, 1.807) is 0 Å². The molecule has 1 unspecified atom stereocenters. The number of anilines is 2. The van der Waals surface area contributed by atoms with Gasteiger partial charge in [-0.05, 0) is 56.4 Å². The van der Waals surface area contributed by atoms with Gasteiger partial charge in [0.05, 0.1) is 6.42 Å². The number of hydrogen-bond donors (Lipinski definition) is 4. The van der Waals surface area contributed by atoms with Crippen LogP contribution in [0.1, 0.15) is 55.8 Å². The SMILES string of the molecule is CC(C)NC(=O)OC1CC[C@H](c2cc(Nc3ccc4c(c3)CC(=O)NC4)n[nH]2)C1. The highest BCUT2D eigenvalue weighted by Gasteiger charge is 2.30. The summed E-state index contributed by atoms with van der Waals surface area (Å²) in [5, 5.41) is 16.4. The van der Waals surface area contributed by atoms with Crippen LogP contribution in [-0.4, -0.2) is 34.3 Å². The molecule has 1 aliphatic heterocycles. The third kappa shape index (κ3) is 4.70. The fraction of sp³-hybridized carbons (Fsp3) is 0.476. The molecule has 2 aliphatic rings. The van der Waals surface area contributed by atoms with Crippen molar-refractivity contribution in [3.05, 3.63) is 41.1 Å². The average molecular weight is 397 g/mol. The van der Waals surface area contributed by atoms with Gasteiger partial charge in [-0.1, -0.05) is 6.07 Å². The first-order valence-corrected chi connectivity index (χ1v) is 10.1. The number of aromatic amines is 1. The van der Waals surface area contributed by atoms with Crippen LogP contribution in [0.5, 0.6) is 0 Å². The van der Waals surface area contributed by atoms with Crippen molar-refractivity contribution in [1.82, 2.24) is 20.8 Å². The lowest BCUT2D eigenvalue weighted by atomic mass is 10.00. The van der Waals surface area contributed by atoms with Crippen LogP contribution < -0.4 is 16.0 Å². The second-order valence-corrected chi connectivity index (χ2v) is 8.11. The lowest BCUT2D eigenvalue weighted by Crippen LogP contribution is -2.33. The number of alkyl carbamates (subject to hydrolysis) is 1. The summed E-state index contributed by atoms with van der Waals surface area (Å²) in [5.74, 6) is 1.08. The van der Waals surface area contributed by atoms with Crippen LogP contribution in [0.2, 0.25) is 0 Å². The molecule has 0 saturated heterocycles. The van der Waals surface area contributed by atoms with Crippen molar-refractivity contribution in [3.63, 3.8) is 0 Å². The number of nitrogens with one attached hydrogen (secondary N) is 4. The van der Waals surface area contributed by atoms with Gasteiger partial charge in [0.2, 0.25) is 5.91 Å². The number of aromatic nitrogens is 2. The van der Waals surface area contributed by atoms with E-state index in [1.165, 1.54) is 0 Å². The van der Waals surface area contributed by atoms with E-state index in [2.05, 4.69) is 26.1 Å². The molecule has 1 saturated carbocycles. The lowest BCUT2D eigenvalue weighted by Gasteiger charge is -2.17. The average Bonchev–Trinajstić information content (AvgIpc) is 3.30. The van der Waals surface area contributed by atoms with E-state index in [4.69, 9.17) is 4.74 Å². The highest BCUT2D eigenvalue weighted by Crippen LogP contribution is 2.36. The van der Waals surface area contributed by atoms with Gasteiger partial charge < -0.3 is 20.7 Å². The Bertz CT molecular complexity index is 907. The topological polar surface area (TPSA) is 108 Å².